The third-order valence-corrected chi connectivity index (χ3v) is 3.03. The van der Waals surface area contributed by atoms with E-state index < -0.39 is 0 Å². The lowest BCUT2D eigenvalue weighted by atomic mass is 10.1. The standard InChI is InChI=1S/C14H13N5O2/c1-21-13-6-5-9(7-12(13)15)14-16-17-18-19(14)10-3-2-4-11(20)8-10/h2-8,20H,15H2,1H3. The number of nitrogens with zero attached hydrogens (tertiary/aromatic N) is 4. The number of nitrogen functional groups attached to an aromatic ring is 1. The number of nitrogens with two attached hydrogens (primary N) is 1. The van der Waals surface area contributed by atoms with Gasteiger partial charge in [-0.05, 0) is 40.8 Å². The third kappa shape index (κ3) is 2.36. The molecule has 0 aliphatic carbocycles. The van der Waals surface area contributed by atoms with E-state index in [0.29, 0.717) is 22.9 Å². The highest BCUT2D eigenvalue weighted by Gasteiger charge is 2.12. The largest absolute Gasteiger partial charge is 0.508 e. The highest BCUT2D eigenvalue weighted by molar-refractivity contribution is 5.67. The van der Waals surface area contributed by atoms with Crippen molar-refractivity contribution in [1.82, 2.24) is 20.2 Å². The van der Waals surface area contributed by atoms with Gasteiger partial charge in [0.1, 0.15) is 11.5 Å². The Morgan fingerprint density at radius 3 is 2.76 bits per heavy atom. The summed E-state index contributed by atoms with van der Waals surface area (Å²) in [7, 11) is 1.56. The van der Waals surface area contributed by atoms with Crippen LogP contribution in [0.3, 0.4) is 0 Å². The normalized spacial score (nSPS) is 10.5. The van der Waals surface area contributed by atoms with E-state index in [1.54, 1.807) is 43.5 Å². The van der Waals surface area contributed by atoms with Crippen LogP contribution in [-0.2, 0) is 0 Å². The van der Waals surface area contributed by atoms with E-state index in [1.807, 2.05) is 6.07 Å². The molecule has 0 spiro atoms. The second-order valence-corrected chi connectivity index (χ2v) is 4.39. The van der Waals surface area contributed by atoms with Crippen molar-refractivity contribution >= 4 is 5.69 Å². The Bertz CT molecular complexity index is 785. The molecule has 106 valence electrons. The summed E-state index contributed by atoms with van der Waals surface area (Å²) < 4.78 is 6.66. The monoisotopic (exact) mass is 283 g/mol. The number of methoxy groups -OCH3 is 1. The van der Waals surface area contributed by atoms with E-state index in [0.717, 1.165) is 5.56 Å². The third-order valence-electron chi connectivity index (χ3n) is 3.03. The molecule has 21 heavy (non-hydrogen) atoms. The maximum absolute atomic E-state index is 9.57. The lowest BCUT2D eigenvalue weighted by Gasteiger charge is -2.08. The number of rotatable bonds is 3. The minimum absolute atomic E-state index is 0.142. The number of hydrogen-bond acceptors (Lipinski definition) is 6. The predicted octanol–water partition coefficient (Wildman–Crippen LogP) is 1.63. The molecule has 7 nitrogen and oxygen atoms in total. The fourth-order valence-corrected chi connectivity index (χ4v) is 2.04. The maximum atomic E-state index is 9.57. The number of aromatic nitrogens is 4. The van der Waals surface area contributed by atoms with Crippen molar-refractivity contribution in [2.24, 2.45) is 0 Å². The first-order chi connectivity index (χ1) is 10.2. The van der Waals surface area contributed by atoms with Gasteiger partial charge in [0, 0.05) is 11.6 Å². The molecule has 1 heterocycles. The number of phenols is 1. The van der Waals surface area contributed by atoms with E-state index in [1.165, 1.54) is 4.68 Å². The summed E-state index contributed by atoms with van der Waals surface area (Å²) >= 11 is 0. The fraction of sp³-hybridized carbons (Fsp3) is 0.0714. The Morgan fingerprint density at radius 1 is 1.19 bits per heavy atom. The molecule has 0 fully saturated rings. The fourth-order valence-electron chi connectivity index (χ4n) is 2.04. The van der Waals surface area contributed by atoms with Crippen LogP contribution in [0.25, 0.3) is 17.1 Å². The molecule has 2 aromatic carbocycles. The molecule has 7 heteroatoms. The van der Waals surface area contributed by atoms with E-state index in [2.05, 4.69) is 15.5 Å². The van der Waals surface area contributed by atoms with Crippen LogP contribution in [0.2, 0.25) is 0 Å². The molecule has 1 aromatic heterocycles. The van der Waals surface area contributed by atoms with Crippen LogP contribution in [0.5, 0.6) is 11.5 Å². The molecule has 3 N–H and O–H groups in total. The van der Waals surface area contributed by atoms with Gasteiger partial charge < -0.3 is 15.6 Å². The highest BCUT2D eigenvalue weighted by Crippen LogP contribution is 2.28. The second kappa shape index (κ2) is 5.12. The Labute approximate surface area is 120 Å². The quantitative estimate of drug-likeness (QED) is 0.709. The molecule has 0 unspecified atom stereocenters. The SMILES string of the molecule is COc1ccc(-c2nnnn2-c2cccc(O)c2)cc1N. The summed E-state index contributed by atoms with van der Waals surface area (Å²) in [6.07, 6.45) is 0. The van der Waals surface area contributed by atoms with Crippen molar-refractivity contribution in [1.29, 1.82) is 0 Å². The number of aromatic hydroxyl groups is 1. The van der Waals surface area contributed by atoms with Crippen molar-refractivity contribution in [3.05, 3.63) is 42.5 Å². The zero-order valence-corrected chi connectivity index (χ0v) is 11.3. The van der Waals surface area contributed by atoms with E-state index in [9.17, 15) is 5.11 Å². The van der Waals surface area contributed by atoms with Crippen LogP contribution in [0.4, 0.5) is 5.69 Å². The van der Waals surface area contributed by atoms with E-state index >= 15 is 0 Å². The summed E-state index contributed by atoms with van der Waals surface area (Å²) in [5, 5.41) is 21.2. The van der Waals surface area contributed by atoms with Gasteiger partial charge in [-0.25, -0.2) is 0 Å². The van der Waals surface area contributed by atoms with Crippen molar-refractivity contribution in [3.63, 3.8) is 0 Å². The van der Waals surface area contributed by atoms with Crippen LogP contribution in [0.15, 0.2) is 42.5 Å². The molecule has 0 aliphatic rings. The average Bonchev–Trinajstić information content (AvgIpc) is 2.96. The van der Waals surface area contributed by atoms with Crippen molar-refractivity contribution in [3.8, 4) is 28.6 Å². The Hall–Kier alpha value is -3.09. The smallest absolute Gasteiger partial charge is 0.187 e. The summed E-state index contributed by atoms with van der Waals surface area (Å²) in [6.45, 7) is 0. The number of benzene rings is 2. The topological polar surface area (TPSA) is 99.1 Å². The van der Waals surface area contributed by atoms with Crippen LogP contribution in [-0.4, -0.2) is 32.4 Å². The predicted molar refractivity (Wildman–Crippen MR) is 77.2 cm³/mol. The zero-order chi connectivity index (χ0) is 14.8. The summed E-state index contributed by atoms with van der Waals surface area (Å²) in [5.41, 5.74) is 7.82. The molecular weight excluding hydrogens is 270 g/mol. The van der Waals surface area contributed by atoms with Crippen molar-refractivity contribution < 1.29 is 9.84 Å². The molecule has 0 aliphatic heterocycles. The number of phenolic OH excluding ortho intramolecular Hbond substituents is 1. The second-order valence-electron chi connectivity index (χ2n) is 4.39. The van der Waals surface area contributed by atoms with Gasteiger partial charge in [0.25, 0.3) is 0 Å². The Kier molecular flexibility index (Phi) is 3.15. The molecule has 0 atom stereocenters. The van der Waals surface area contributed by atoms with Gasteiger partial charge in [-0.15, -0.1) is 5.10 Å². The van der Waals surface area contributed by atoms with E-state index in [4.69, 9.17) is 10.5 Å². The van der Waals surface area contributed by atoms with Gasteiger partial charge in [0.05, 0.1) is 18.5 Å². The lowest BCUT2D eigenvalue weighted by molar-refractivity contribution is 0.417. The summed E-state index contributed by atoms with van der Waals surface area (Å²) in [6, 6.07) is 12.0. The molecule has 3 rings (SSSR count). The van der Waals surface area contributed by atoms with Gasteiger partial charge in [-0.1, -0.05) is 6.07 Å². The molecule has 0 bridgehead atoms. The van der Waals surface area contributed by atoms with Crippen LogP contribution in [0.1, 0.15) is 0 Å². The number of anilines is 1. The maximum Gasteiger partial charge on any atom is 0.187 e. The van der Waals surface area contributed by atoms with Crippen molar-refractivity contribution in [2.45, 2.75) is 0 Å². The Balaban J connectivity index is 2.09. The lowest BCUT2D eigenvalue weighted by Crippen LogP contribution is -2.00. The molecule has 0 radical (unpaired) electrons. The molecule has 3 aromatic rings. The first kappa shape index (κ1) is 12.9. The summed E-state index contributed by atoms with van der Waals surface area (Å²) in [5.74, 6) is 1.26. The minimum Gasteiger partial charge on any atom is -0.508 e. The number of tetrazole rings is 1. The van der Waals surface area contributed by atoms with Gasteiger partial charge in [0.15, 0.2) is 5.82 Å². The van der Waals surface area contributed by atoms with Gasteiger partial charge in [-0.3, -0.25) is 0 Å². The van der Waals surface area contributed by atoms with E-state index in [-0.39, 0.29) is 5.75 Å². The average molecular weight is 283 g/mol. The van der Waals surface area contributed by atoms with Gasteiger partial charge in [-0.2, -0.15) is 4.68 Å². The van der Waals surface area contributed by atoms with Crippen LogP contribution < -0.4 is 10.5 Å². The molecule has 0 amide bonds. The summed E-state index contributed by atoms with van der Waals surface area (Å²) in [4.78, 5) is 0. The zero-order valence-electron chi connectivity index (χ0n) is 11.3. The number of ether oxygens (including phenoxy) is 1. The number of hydrogen-bond donors (Lipinski definition) is 2. The molecule has 0 saturated heterocycles. The van der Waals surface area contributed by atoms with Gasteiger partial charge in [0.2, 0.25) is 0 Å². The molecule has 0 saturated carbocycles. The first-order valence-electron chi connectivity index (χ1n) is 6.20. The van der Waals surface area contributed by atoms with Crippen LogP contribution >= 0.6 is 0 Å². The minimum atomic E-state index is 0.142. The highest BCUT2D eigenvalue weighted by atomic mass is 16.5. The molecular formula is C14H13N5O2. The first-order valence-corrected chi connectivity index (χ1v) is 6.20. The Morgan fingerprint density at radius 2 is 2.05 bits per heavy atom. The van der Waals surface area contributed by atoms with Crippen molar-refractivity contribution in [2.75, 3.05) is 12.8 Å². The van der Waals surface area contributed by atoms with Crippen LogP contribution in [0, 0.1) is 0 Å². The van der Waals surface area contributed by atoms with Gasteiger partial charge >= 0.3 is 0 Å².